The summed E-state index contributed by atoms with van der Waals surface area (Å²) in [6.45, 7) is 1.35. The molecule has 0 aliphatic carbocycles. The van der Waals surface area contributed by atoms with Crippen molar-refractivity contribution in [1.82, 2.24) is 10.1 Å². The van der Waals surface area contributed by atoms with E-state index in [-0.39, 0.29) is 24.0 Å². The maximum absolute atomic E-state index is 12.4. The van der Waals surface area contributed by atoms with Gasteiger partial charge in [0.1, 0.15) is 11.5 Å². The summed E-state index contributed by atoms with van der Waals surface area (Å²) in [7, 11) is 1.58. The molecule has 0 saturated carbocycles. The summed E-state index contributed by atoms with van der Waals surface area (Å²) in [5, 5.41) is 3.90. The zero-order chi connectivity index (χ0) is 19.9. The van der Waals surface area contributed by atoms with Crippen LogP contribution in [0.1, 0.15) is 23.2 Å². The van der Waals surface area contributed by atoms with Gasteiger partial charge < -0.3 is 14.0 Å². The molecule has 0 amide bonds. The van der Waals surface area contributed by atoms with Crippen molar-refractivity contribution in [3.63, 3.8) is 0 Å². The van der Waals surface area contributed by atoms with Crippen LogP contribution in [0, 0.1) is 0 Å². The summed E-state index contributed by atoms with van der Waals surface area (Å²) in [5.41, 5.74) is 1.12. The van der Waals surface area contributed by atoms with Crippen LogP contribution in [0.3, 0.4) is 0 Å². The van der Waals surface area contributed by atoms with Gasteiger partial charge in [-0.25, -0.2) is 4.79 Å². The zero-order valence-corrected chi connectivity index (χ0v) is 16.2. The van der Waals surface area contributed by atoms with E-state index in [4.69, 9.17) is 14.0 Å². The first-order valence-electron chi connectivity index (χ1n) is 8.42. The predicted octanol–water partition coefficient (Wildman–Crippen LogP) is 3.78. The molecule has 3 aromatic rings. The second kappa shape index (κ2) is 9.18. The first-order valence-corrected chi connectivity index (χ1v) is 9.41. The molecule has 0 unspecified atom stereocenters. The van der Waals surface area contributed by atoms with E-state index in [0.717, 1.165) is 5.56 Å². The van der Waals surface area contributed by atoms with E-state index in [1.807, 2.05) is 18.2 Å². The van der Waals surface area contributed by atoms with Gasteiger partial charge in [0.25, 0.3) is 5.89 Å². The lowest BCUT2D eigenvalue weighted by Gasteiger charge is -2.07. The largest absolute Gasteiger partial charge is 0.497 e. The van der Waals surface area contributed by atoms with Crippen molar-refractivity contribution >= 4 is 23.5 Å². The van der Waals surface area contributed by atoms with Gasteiger partial charge in [0.2, 0.25) is 5.82 Å². The third-order valence-electron chi connectivity index (χ3n) is 3.66. The lowest BCUT2D eigenvalue weighted by atomic mass is 10.2. The van der Waals surface area contributed by atoms with E-state index in [1.165, 1.54) is 18.7 Å². The summed E-state index contributed by atoms with van der Waals surface area (Å²) in [6.07, 6.45) is 0. The fourth-order valence-electron chi connectivity index (χ4n) is 2.34. The highest BCUT2D eigenvalue weighted by atomic mass is 32.2. The molecule has 0 atom stereocenters. The molecule has 28 heavy (non-hydrogen) atoms. The Morgan fingerprint density at radius 1 is 1.14 bits per heavy atom. The number of aromatic nitrogens is 2. The van der Waals surface area contributed by atoms with Gasteiger partial charge in [-0.2, -0.15) is 4.98 Å². The maximum atomic E-state index is 12.4. The van der Waals surface area contributed by atoms with E-state index >= 15 is 0 Å². The number of hydrogen-bond donors (Lipinski definition) is 0. The molecular formula is C20H18N2O5S. The summed E-state index contributed by atoms with van der Waals surface area (Å²) < 4.78 is 15.6. The minimum absolute atomic E-state index is 0.0316. The summed E-state index contributed by atoms with van der Waals surface area (Å²) >= 11 is 1.30. The van der Waals surface area contributed by atoms with Crippen molar-refractivity contribution < 1.29 is 23.6 Å². The van der Waals surface area contributed by atoms with Gasteiger partial charge in [0.15, 0.2) is 6.61 Å². The van der Waals surface area contributed by atoms with Gasteiger partial charge in [-0.1, -0.05) is 29.4 Å². The molecule has 0 aliphatic rings. The SMILES string of the molecule is COc1cccc(-c2noc(COC(=O)c3ccccc3SCC(C)=O)n2)c1. The second-order valence-corrected chi connectivity index (χ2v) is 6.82. The molecule has 8 heteroatoms. The number of carbonyl (C=O) groups excluding carboxylic acids is 2. The number of rotatable bonds is 8. The van der Waals surface area contributed by atoms with Crippen LogP contribution in [-0.4, -0.2) is 34.8 Å². The van der Waals surface area contributed by atoms with Gasteiger partial charge >= 0.3 is 5.97 Å². The van der Waals surface area contributed by atoms with Crippen LogP contribution >= 0.6 is 11.8 Å². The average molecular weight is 398 g/mol. The van der Waals surface area contributed by atoms with E-state index in [9.17, 15) is 9.59 Å². The fourth-order valence-corrected chi connectivity index (χ4v) is 3.18. The molecular weight excluding hydrogens is 380 g/mol. The second-order valence-electron chi connectivity index (χ2n) is 5.81. The Morgan fingerprint density at radius 2 is 1.96 bits per heavy atom. The number of nitrogens with zero attached hydrogens (tertiary/aromatic N) is 2. The van der Waals surface area contributed by atoms with Crippen molar-refractivity contribution in [1.29, 1.82) is 0 Å². The summed E-state index contributed by atoms with van der Waals surface area (Å²) in [4.78, 5) is 28.5. The zero-order valence-electron chi connectivity index (χ0n) is 15.4. The number of carbonyl (C=O) groups is 2. The van der Waals surface area contributed by atoms with Crippen LogP contribution in [0.15, 0.2) is 57.9 Å². The number of ether oxygens (including phenoxy) is 2. The third-order valence-corrected chi connectivity index (χ3v) is 4.88. The molecule has 1 heterocycles. The molecule has 0 N–H and O–H groups in total. The summed E-state index contributed by atoms with van der Waals surface area (Å²) in [6, 6.07) is 14.2. The Labute approximate surface area is 166 Å². The normalized spacial score (nSPS) is 10.5. The number of esters is 1. The van der Waals surface area contributed by atoms with Crippen LogP contribution in [-0.2, 0) is 16.1 Å². The van der Waals surface area contributed by atoms with Crippen LogP contribution in [0.25, 0.3) is 11.4 Å². The number of thioether (sulfide) groups is 1. The average Bonchev–Trinajstić information content (AvgIpc) is 3.20. The third kappa shape index (κ3) is 4.98. The van der Waals surface area contributed by atoms with E-state index in [1.54, 1.807) is 37.4 Å². The van der Waals surface area contributed by atoms with Crippen molar-refractivity contribution in [2.75, 3.05) is 12.9 Å². The lowest BCUT2D eigenvalue weighted by Crippen LogP contribution is -2.07. The minimum Gasteiger partial charge on any atom is -0.497 e. The van der Waals surface area contributed by atoms with Crippen molar-refractivity contribution in [3.8, 4) is 17.1 Å². The first kappa shape index (κ1) is 19.6. The number of hydrogen-bond acceptors (Lipinski definition) is 8. The quantitative estimate of drug-likeness (QED) is 0.418. The molecule has 0 aliphatic heterocycles. The highest BCUT2D eigenvalue weighted by molar-refractivity contribution is 8.00. The van der Waals surface area contributed by atoms with Crippen molar-refractivity contribution in [2.45, 2.75) is 18.4 Å². The lowest BCUT2D eigenvalue weighted by molar-refractivity contribution is -0.114. The molecule has 0 radical (unpaired) electrons. The summed E-state index contributed by atoms with van der Waals surface area (Å²) in [5.74, 6) is 1.03. The van der Waals surface area contributed by atoms with Crippen molar-refractivity contribution in [3.05, 3.63) is 60.0 Å². The molecule has 0 fully saturated rings. The maximum Gasteiger partial charge on any atom is 0.339 e. The molecule has 0 saturated heterocycles. The fraction of sp³-hybridized carbons (Fsp3) is 0.200. The number of Topliss-reactive ketones (excluding diaryl/α,β-unsaturated/α-hetero) is 1. The molecule has 0 bridgehead atoms. The van der Waals surface area contributed by atoms with Crippen molar-refractivity contribution in [2.24, 2.45) is 0 Å². The molecule has 144 valence electrons. The van der Waals surface area contributed by atoms with E-state index in [2.05, 4.69) is 10.1 Å². The number of methoxy groups -OCH3 is 1. The molecule has 0 spiro atoms. The van der Waals surface area contributed by atoms with Crippen LogP contribution in [0.4, 0.5) is 0 Å². The molecule has 1 aromatic heterocycles. The van der Waals surface area contributed by atoms with Gasteiger partial charge in [-0.3, -0.25) is 4.79 Å². The van der Waals surface area contributed by atoms with Crippen LogP contribution < -0.4 is 4.74 Å². The molecule has 7 nitrogen and oxygen atoms in total. The van der Waals surface area contributed by atoms with Crippen LogP contribution in [0.5, 0.6) is 5.75 Å². The molecule has 2 aromatic carbocycles. The number of ketones is 1. The Kier molecular flexibility index (Phi) is 6.44. The number of benzene rings is 2. The smallest absolute Gasteiger partial charge is 0.339 e. The topological polar surface area (TPSA) is 91.5 Å². The predicted molar refractivity (Wildman–Crippen MR) is 103 cm³/mol. The monoisotopic (exact) mass is 398 g/mol. The standard InChI is InChI=1S/C20H18N2O5S/c1-13(23)12-28-17-9-4-3-8-16(17)20(24)26-11-18-21-19(22-27-18)14-6-5-7-15(10-14)25-2/h3-10H,11-12H2,1-2H3. The van der Waals surface area contributed by atoms with E-state index in [0.29, 0.717) is 22.0 Å². The van der Waals surface area contributed by atoms with Gasteiger partial charge in [-0.05, 0) is 31.2 Å². The van der Waals surface area contributed by atoms with Gasteiger partial charge in [-0.15, -0.1) is 11.8 Å². The Balaban J connectivity index is 1.66. The first-order chi connectivity index (χ1) is 13.6. The molecule has 3 rings (SSSR count). The highest BCUT2D eigenvalue weighted by Gasteiger charge is 2.16. The Hall–Kier alpha value is -3.13. The Bertz CT molecular complexity index is 986. The van der Waals surface area contributed by atoms with E-state index < -0.39 is 5.97 Å². The minimum atomic E-state index is -0.521. The van der Waals surface area contributed by atoms with Gasteiger partial charge in [0, 0.05) is 10.5 Å². The Morgan fingerprint density at radius 3 is 2.75 bits per heavy atom. The highest BCUT2D eigenvalue weighted by Crippen LogP contribution is 2.24. The van der Waals surface area contributed by atoms with Gasteiger partial charge in [0.05, 0.1) is 18.4 Å². The van der Waals surface area contributed by atoms with Crippen LogP contribution in [0.2, 0.25) is 0 Å².